The minimum atomic E-state index is -3.78. The van der Waals surface area contributed by atoms with E-state index in [2.05, 4.69) is 0 Å². The number of sulfonamides is 1. The van der Waals surface area contributed by atoms with Crippen molar-refractivity contribution in [3.05, 3.63) is 53.8 Å². The smallest absolute Gasteiger partial charge is 0.264 e. The van der Waals surface area contributed by atoms with Gasteiger partial charge in [-0.15, -0.1) is 0 Å². The molecule has 0 aliphatic carbocycles. The molecule has 0 N–H and O–H groups in total. The van der Waals surface area contributed by atoms with E-state index < -0.39 is 15.8 Å². The van der Waals surface area contributed by atoms with Gasteiger partial charge in [-0.2, -0.15) is 0 Å². The Morgan fingerprint density at radius 3 is 2.48 bits per heavy atom. The maximum absolute atomic E-state index is 14.1. The molecule has 0 aromatic heterocycles. The largest absolute Gasteiger partial charge is 0.491 e. The average Bonchev–Trinajstić information content (AvgIpc) is 2.93. The predicted molar refractivity (Wildman–Crippen MR) is 86.8 cm³/mol. The Balaban J connectivity index is 1.95. The van der Waals surface area contributed by atoms with Crippen LogP contribution < -0.4 is 9.04 Å². The molecule has 0 atom stereocenters. The third kappa shape index (κ3) is 2.91. The van der Waals surface area contributed by atoms with Crippen LogP contribution in [-0.2, 0) is 16.4 Å². The van der Waals surface area contributed by atoms with Crippen LogP contribution in [0.15, 0.2) is 47.4 Å². The molecule has 1 heterocycles. The van der Waals surface area contributed by atoms with Crippen LogP contribution in [0.25, 0.3) is 0 Å². The van der Waals surface area contributed by atoms with E-state index >= 15 is 0 Å². The van der Waals surface area contributed by atoms with Crippen LogP contribution in [0.5, 0.6) is 5.75 Å². The minimum absolute atomic E-state index is 0.0111. The highest BCUT2D eigenvalue weighted by atomic mass is 32.2. The maximum Gasteiger partial charge on any atom is 0.264 e. The van der Waals surface area contributed by atoms with Gasteiger partial charge in [-0.05, 0) is 56.2 Å². The van der Waals surface area contributed by atoms with Gasteiger partial charge in [0.15, 0.2) is 0 Å². The van der Waals surface area contributed by atoms with Crippen LogP contribution in [-0.4, -0.2) is 21.1 Å². The van der Waals surface area contributed by atoms with E-state index in [0.717, 1.165) is 4.31 Å². The van der Waals surface area contributed by atoms with Gasteiger partial charge in [-0.1, -0.05) is 12.1 Å². The highest BCUT2D eigenvalue weighted by molar-refractivity contribution is 7.92. The quantitative estimate of drug-likeness (QED) is 0.861. The highest BCUT2D eigenvalue weighted by Crippen LogP contribution is 2.35. The molecule has 1 aliphatic rings. The van der Waals surface area contributed by atoms with Gasteiger partial charge in [0.2, 0.25) is 0 Å². The number of anilines is 1. The van der Waals surface area contributed by atoms with Crippen LogP contribution in [0.1, 0.15) is 19.4 Å². The Bertz CT molecular complexity index is 816. The Labute approximate surface area is 135 Å². The van der Waals surface area contributed by atoms with Gasteiger partial charge >= 0.3 is 0 Å². The Hall–Kier alpha value is -2.08. The number of hydrogen-bond acceptors (Lipinski definition) is 3. The molecular weight excluding hydrogens is 317 g/mol. The summed E-state index contributed by atoms with van der Waals surface area (Å²) in [5, 5.41) is 0. The summed E-state index contributed by atoms with van der Waals surface area (Å²) in [6.45, 7) is 4.05. The van der Waals surface area contributed by atoms with Gasteiger partial charge in [0.05, 0.1) is 16.7 Å². The van der Waals surface area contributed by atoms with Crippen molar-refractivity contribution in [2.75, 3.05) is 10.8 Å². The molecule has 122 valence electrons. The maximum atomic E-state index is 14.1. The summed E-state index contributed by atoms with van der Waals surface area (Å²) in [6, 6.07) is 10.9. The molecule has 23 heavy (non-hydrogen) atoms. The average molecular weight is 335 g/mol. The molecule has 2 aromatic carbocycles. The summed E-state index contributed by atoms with van der Waals surface area (Å²) in [6.07, 6.45) is 0.526. The van der Waals surface area contributed by atoms with E-state index in [1.807, 2.05) is 13.8 Å². The second-order valence-electron chi connectivity index (χ2n) is 5.71. The fourth-order valence-electron chi connectivity index (χ4n) is 2.70. The SMILES string of the molecule is CC(C)Oc1ccc(S(=O)(=O)N2CCc3cccc(F)c32)cc1. The Morgan fingerprint density at radius 2 is 1.83 bits per heavy atom. The number of halogens is 1. The number of benzene rings is 2. The Morgan fingerprint density at radius 1 is 1.13 bits per heavy atom. The monoisotopic (exact) mass is 335 g/mol. The zero-order valence-corrected chi connectivity index (χ0v) is 13.8. The fourth-order valence-corrected chi connectivity index (χ4v) is 4.22. The lowest BCUT2D eigenvalue weighted by atomic mass is 10.2. The van der Waals surface area contributed by atoms with Gasteiger partial charge in [0.1, 0.15) is 11.6 Å². The number of rotatable bonds is 4. The van der Waals surface area contributed by atoms with Crippen molar-refractivity contribution in [3.63, 3.8) is 0 Å². The van der Waals surface area contributed by atoms with E-state index in [-0.39, 0.29) is 23.2 Å². The summed E-state index contributed by atoms with van der Waals surface area (Å²) in [5.41, 5.74) is 0.878. The third-order valence-electron chi connectivity index (χ3n) is 3.69. The molecule has 0 unspecified atom stereocenters. The van der Waals surface area contributed by atoms with Crippen LogP contribution in [0.2, 0.25) is 0 Å². The van der Waals surface area contributed by atoms with Gasteiger partial charge in [0.25, 0.3) is 10.0 Å². The number of ether oxygens (including phenoxy) is 1. The van der Waals surface area contributed by atoms with Crippen LogP contribution in [0, 0.1) is 5.82 Å². The lowest BCUT2D eigenvalue weighted by molar-refractivity contribution is 0.242. The Kier molecular flexibility index (Phi) is 4.02. The van der Waals surface area contributed by atoms with E-state index in [1.165, 1.54) is 18.2 Å². The van der Waals surface area contributed by atoms with E-state index in [0.29, 0.717) is 17.7 Å². The number of hydrogen-bond donors (Lipinski definition) is 0. The molecule has 4 nitrogen and oxygen atoms in total. The van der Waals surface area contributed by atoms with Gasteiger partial charge < -0.3 is 4.74 Å². The third-order valence-corrected chi connectivity index (χ3v) is 5.50. The topological polar surface area (TPSA) is 46.6 Å². The van der Waals surface area contributed by atoms with Gasteiger partial charge in [-0.25, -0.2) is 12.8 Å². The predicted octanol–water partition coefficient (Wildman–Crippen LogP) is 3.36. The molecule has 0 radical (unpaired) electrons. The standard InChI is InChI=1S/C17H18FNO3S/c1-12(2)22-14-6-8-15(9-7-14)23(20,21)19-11-10-13-4-3-5-16(18)17(13)19/h3-9,12H,10-11H2,1-2H3. The van der Waals surface area contributed by atoms with E-state index in [1.54, 1.807) is 24.3 Å². The van der Waals surface area contributed by atoms with Crippen molar-refractivity contribution < 1.29 is 17.5 Å². The summed E-state index contributed by atoms with van der Waals surface area (Å²) in [4.78, 5) is 0.129. The molecular formula is C17H18FNO3S. The first kappa shape index (κ1) is 15.8. The van der Waals surface area contributed by atoms with Gasteiger partial charge in [-0.3, -0.25) is 4.31 Å². The molecule has 0 saturated carbocycles. The molecule has 0 bridgehead atoms. The van der Waals surface area contributed by atoms with Gasteiger partial charge in [0, 0.05) is 6.54 Å². The molecule has 3 rings (SSSR count). The van der Waals surface area contributed by atoms with Crippen molar-refractivity contribution in [1.82, 2.24) is 0 Å². The summed E-state index contributed by atoms with van der Waals surface area (Å²) in [5.74, 6) is 0.0929. The second-order valence-corrected chi connectivity index (χ2v) is 7.58. The highest BCUT2D eigenvalue weighted by Gasteiger charge is 2.33. The molecule has 6 heteroatoms. The molecule has 0 spiro atoms. The fraction of sp³-hybridized carbons (Fsp3) is 0.294. The van der Waals surface area contributed by atoms with Crippen molar-refractivity contribution in [2.45, 2.75) is 31.3 Å². The van der Waals surface area contributed by atoms with E-state index in [4.69, 9.17) is 4.74 Å². The lowest BCUT2D eigenvalue weighted by Crippen LogP contribution is -2.29. The number of para-hydroxylation sites is 1. The zero-order valence-electron chi connectivity index (χ0n) is 13.0. The summed E-state index contributed by atoms with van der Waals surface area (Å²) in [7, 11) is -3.78. The van der Waals surface area contributed by atoms with Crippen molar-refractivity contribution in [1.29, 1.82) is 0 Å². The van der Waals surface area contributed by atoms with Crippen LogP contribution in [0.4, 0.5) is 10.1 Å². The van der Waals surface area contributed by atoms with Crippen LogP contribution >= 0.6 is 0 Å². The normalized spacial score (nSPS) is 14.2. The molecule has 1 aliphatic heterocycles. The lowest BCUT2D eigenvalue weighted by Gasteiger charge is -2.20. The van der Waals surface area contributed by atoms with Crippen LogP contribution in [0.3, 0.4) is 0 Å². The molecule has 0 saturated heterocycles. The summed E-state index contributed by atoms with van der Waals surface area (Å²) >= 11 is 0. The summed E-state index contributed by atoms with van der Waals surface area (Å²) < 4.78 is 46.3. The first-order chi connectivity index (χ1) is 10.9. The molecule has 2 aromatic rings. The van der Waals surface area contributed by atoms with Crippen molar-refractivity contribution in [3.8, 4) is 5.75 Å². The minimum Gasteiger partial charge on any atom is -0.491 e. The second kappa shape index (κ2) is 5.85. The number of nitrogens with zero attached hydrogens (tertiary/aromatic N) is 1. The molecule has 0 amide bonds. The first-order valence-corrected chi connectivity index (χ1v) is 8.90. The van der Waals surface area contributed by atoms with Crippen molar-refractivity contribution in [2.24, 2.45) is 0 Å². The zero-order chi connectivity index (χ0) is 16.6. The first-order valence-electron chi connectivity index (χ1n) is 7.46. The van der Waals surface area contributed by atoms with E-state index in [9.17, 15) is 12.8 Å². The number of fused-ring (bicyclic) bond motifs is 1. The molecule has 0 fully saturated rings. The van der Waals surface area contributed by atoms with Crippen molar-refractivity contribution >= 4 is 15.7 Å².